The summed E-state index contributed by atoms with van der Waals surface area (Å²) in [4.78, 5) is 6.99. The van der Waals surface area contributed by atoms with Crippen molar-refractivity contribution in [2.75, 3.05) is 12.3 Å². The summed E-state index contributed by atoms with van der Waals surface area (Å²) in [6.45, 7) is 2.03. The fourth-order valence-electron chi connectivity index (χ4n) is 3.73. The predicted molar refractivity (Wildman–Crippen MR) is 79.0 cm³/mol. The number of anilines is 1. The number of piperidine rings is 1. The van der Waals surface area contributed by atoms with Crippen molar-refractivity contribution in [2.45, 2.75) is 51.1 Å². The van der Waals surface area contributed by atoms with E-state index < -0.39 is 0 Å². The van der Waals surface area contributed by atoms with E-state index in [4.69, 9.17) is 17.3 Å². The number of nitrogens with zero attached hydrogens (tertiary/aromatic N) is 2. The maximum absolute atomic E-state index is 6.25. The number of pyridine rings is 1. The highest BCUT2D eigenvalue weighted by molar-refractivity contribution is 6.31. The number of hydrogen-bond donors (Lipinski definition) is 1. The third-order valence-corrected chi connectivity index (χ3v) is 5.00. The summed E-state index contributed by atoms with van der Waals surface area (Å²) in [5.74, 6) is 1.46. The summed E-state index contributed by atoms with van der Waals surface area (Å²) < 4.78 is 0. The van der Waals surface area contributed by atoms with Crippen LogP contribution in [-0.2, 0) is 6.54 Å². The Bertz CT molecular complexity index is 447. The van der Waals surface area contributed by atoms with Crippen LogP contribution in [0.1, 0.15) is 44.2 Å². The quantitative estimate of drug-likeness (QED) is 0.901. The van der Waals surface area contributed by atoms with Crippen molar-refractivity contribution < 1.29 is 0 Å². The molecule has 1 aromatic rings. The van der Waals surface area contributed by atoms with E-state index in [1.165, 1.54) is 45.1 Å². The molecule has 104 valence electrons. The van der Waals surface area contributed by atoms with Crippen molar-refractivity contribution in [3.8, 4) is 0 Å². The number of rotatable bonds is 2. The van der Waals surface area contributed by atoms with Crippen molar-refractivity contribution in [3.63, 3.8) is 0 Å². The van der Waals surface area contributed by atoms with Crippen molar-refractivity contribution in [3.05, 3.63) is 22.8 Å². The van der Waals surface area contributed by atoms with Crippen molar-refractivity contribution in [1.29, 1.82) is 0 Å². The van der Waals surface area contributed by atoms with Gasteiger partial charge in [0.1, 0.15) is 5.82 Å². The van der Waals surface area contributed by atoms with Crippen LogP contribution in [-0.4, -0.2) is 22.5 Å². The second-order valence-corrected chi connectivity index (χ2v) is 6.30. The van der Waals surface area contributed by atoms with Gasteiger partial charge in [-0.1, -0.05) is 24.4 Å². The molecule has 3 rings (SSSR count). The normalized spacial score (nSPS) is 28.1. The molecule has 3 nitrogen and oxygen atoms in total. The molecule has 2 fully saturated rings. The molecule has 2 aliphatic rings. The van der Waals surface area contributed by atoms with Gasteiger partial charge in [-0.3, -0.25) is 4.90 Å². The molecule has 0 amide bonds. The van der Waals surface area contributed by atoms with E-state index in [1.54, 1.807) is 6.07 Å². The van der Waals surface area contributed by atoms with Gasteiger partial charge in [-0.15, -0.1) is 0 Å². The molecule has 4 heteroatoms. The topological polar surface area (TPSA) is 42.1 Å². The standard InChI is InChI=1S/C15H22ClN3/c16-12-7-8-15(17)18-13(12)10-19-9-3-5-11-4-1-2-6-14(11)19/h7-8,11,14H,1-6,9-10H2,(H2,17,18)/t11-,14-/m1/s1. The zero-order valence-corrected chi connectivity index (χ0v) is 12.1. The van der Waals surface area contributed by atoms with Crippen LogP contribution in [0, 0.1) is 5.92 Å². The van der Waals surface area contributed by atoms with Crippen molar-refractivity contribution in [2.24, 2.45) is 5.92 Å². The Labute approximate surface area is 120 Å². The van der Waals surface area contributed by atoms with Crippen LogP contribution in [0.3, 0.4) is 0 Å². The summed E-state index contributed by atoms with van der Waals surface area (Å²) in [7, 11) is 0. The van der Waals surface area contributed by atoms with E-state index in [0.717, 1.165) is 29.2 Å². The van der Waals surface area contributed by atoms with Gasteiger partial charge in [-0.05, 0) is 50.3 Å². The van der Waals surface area contributed by atoms with Crippen LogP contribution < -0.4 is 5.73 Å². The minimum atomic E-state index is 0.566. The van der Waals surface area contributed by atoms with Gasteiger partial charge in [-0.25, -0.2) is 4.98 Å². The smallest absolute Gasteiger partial charge is 0.123 e. The van der Waals surface area contributed by atoms with Crippen LogP contribution in [0.2, 0.25) is 5.02 Å². The Balaban J connectivity index is 1.75. The minimum Gasteiger partial charge on any atom is -0.384 e. The van der Waals surface area contributed by atoms with Gasteiger partial charge in [0.2, 0.25) is 0 Å². The van der Waals surface area contributed by atoms with E-state index in [1.807, 2.05) is 6.07 Å². The molecule has 2 N–H and O–H groups in total. The largest absolute Gasteiger partial charge is 0.384 e. The first-order chi connectivity index (χ1) is 9.24. The molecule has 1 aromatic heterocycles. The van der Waals surface area contributed by atoms with E-state index >= 15 is 0 Å². The summed E-state index contributed by atoms with van der Waals surface area (Å²) in [5.41, 5.74) is 6.71. The molecular weight excluding hydrogens is 258 g/mol. The second-order valence-electron chi connectivity index (χ2n) is 5.89. The summed E-state index contributed by atoms with van der Waals surface area (Å²) in [6, 6.07) is 4.37. The van der Waals surface area contributed by atoms with Gasteiger partial charge in [0.15, 0.2) is 0 Å². The van der Waals surface area contributed by atoms with Crippen LogP contribution in [0.25, 0.3) is 0 Å². The van der Waals surface area contributed by atoms with Gasteiger partial charge in [-0.2, -0.15) is 0 Å². The number of nitrogen functional groups attached to an aromatic ring is 1. The molecule has 0 spiro atoms. The number of aromatic nitrogens is 1. The van der Waals surface area contributed by atoms with Crippen molar-refractivity contribution >= 4 is 17.4 Å². The van der Waals surface area contributed by atoms with Crippen LogP contribution in [0.5, 0.6) is 0 Å². The Morgan fingerprint density at radius 1 is 1.21 bits per heavy atom. The number of hydrogen-bond acceptors (Lipinski definition) is 3. The Hall–Kier alpha value is -0.800. The molecule has 1 aliphatic carbocycles. The lowest BCUT2D eigenvalue weighted by molar-refractivity contribution is 0.0538. The van der Waals surface area contributed by atoms with E-state index in [-0.39, 0.29) is 0 Å². The number of likely N-dealkylation sites (tertiary alicyclic amines) is 1. The van der Waals surface area contributed by atoms with Gasteiger partial charge in [0.05, 0.1) is 10.7 Å². The molecule has 2 atom stereocenters. The monoisotopic (exact) mass is 279 g/mol. The van der Waals surface area contributed by atoms with Gasteiger partial charge in [0.25, 0.3) is 0 Å². The van der Waals surface area contributed by atoms with Crippen LogP contribution in [0.4, 0.5) is 5.82 Å². The number of halogens is 1. The number of fused-ring (bicyclic) bond motifs is 1. The first kappa shape index (κ1) is 13.2. The second kappa shape index (κ2) is 5.68. The maximum Gasteiger partial charge on any atom is 0.123 e. The highest BCUT2D eigenvalue weighted by atomic mass is 35.5. The average Bonchev–Trinajstić information content (AvgIpc) is 2.43. The summed E-state index contributed by atoms with van der Waals surface area (Å²) >= 11 is 6.25. The molecular formula is C15H22ClN3. The summed E-state index contributed by atoms with van der Waals surface area (Å²) in [6.07, 6.45) is 8.23. The Kier molecular flexibility index (Phi) is 3.94. The lowest BCUT2D eigenvalue weighted by Crippen LogP contribution is -2.46. The molecule has 1 saturated carbocycles. The summed E-state index contributed by atoms with van der Waals surface area (Å²) in [5, 5.41) is 0.743. The predicted octanol–water partition coefficient (Wildman–Crippen LogP) is 3.47. The Morgan fingerprint density at radius 2 is 2.00 bits per heavy atom. The van der Waals surface area contributed by atoms with Crippen LogP contribution in [0.15, 0.2) is 12.1 Å². The average molecular weight is 280 g/mol. The first-order valence-corrected chi connectivity index (χ1v) is 7.77. The van der Waals surface area contributed by atoms with E-state index in [2.05, 4.69) is 9.88 Å². The minimum absolute atomic E-state index is 0.566. The van der Waals surface area contributed by atoms with Gasteiger partial charge in [0, 0.05) is 12.6 Å². The zero-order valence-electron chi connectivity index (χ0n) is 11.3. The van der Waals surface area contributed by atoms with Crippen LogP contribution >= 0.6 is 11.6 Å². The molecule has 0 unspecified atom stereocenters. The van der Waals surface area contributed by atoms with E-state index in [9.17, 15) is 0 Å². The lowest BCUT2D eigenvalue weighted by atomic mass is 9.78. The van der Waals surface area contributed by atoms with Gasteiger partial charge < -0.3 is 5.73 Å². The van der Waals surface area contributed by atoms with E-state index in [0.29, 0.717) is 5.82 Å². The fraction of sp³-hybridized carbons (Fsp3) is 0.667. The molecule has 1 aliphatic heterocycles. The molecule has 2 heterocycles. The molecule has 1 saturated heterocycles. The third kappa shape index (κ3) is 2.87. The Morgan fingerprint density at radius 3 is 2.89 bits per heavy atom. The lowest BCUT2D eigenvalue weighted by Gasteiger charge is -2.44. The highest BCUT2D eigenvalue weighted by Crippen LogP contribution is 2.36. The van der Waals surface area contributed by atoms with Crippen molar-refractivity contribution in [1.82, 2.24) is 9.88 Å². The fourth-order valence-corrected chi connectivity index (χ4v) is 3.89. The molecule has 0 radical (unpaired) electrons. The first-order valence-electron chi connectivity index (χ1n) is 7.39. The molecule has 0 aromatic carbocycles. The zero-order chi connectivity index (χ0) is 13.2. The molecule has 0 bridgehead atoms. The molecule has 19 heavy (non-hydrogen) atoms. The SMILES string of the molecule is Nc1ccc(Cl)c(CN2CCC[C@H]3CCCC[C@H]32)n1. The van der Waals surface area contributed by atoms with Gasteiger partial charge >= 0.3 is 0 Å². The highest BCUT2D eigenvalue weighted by Gasteiger charge is 2.33. The third-order valence-electron chi connectivity index (χ3n) is 4.65. The number of nitrogens with two attached hydrogens (primary N) is 1. The maximum atomic E-state index is 6.25.